The van der Waals surface area contributed by atoms with E-state index in [9.17, 15) is 0 Å². The maximum absolute atomic E-state index is 3.22. The summed E-state index contributed by atoms with van der Waals surface area (Å²) in [6.07, 6.45) is 8.40. The van der Waals surface area contributed by atoms with Crippen molar-refractivity contribution in [2.75, 3.05) is 34.8 Å². The van der Waals surface area contributed by atoms with Gasteiger partial charge in [0.1, 0.15) is 0 Å². The van der Waals surface area contributed by atoms with E-state index in [1.807, 2.05) is 0 Å². The summed E-state index contributed by atoms with van der Waals surface area (Å²) in [6, 6.07) is 51.5. The Balaban J connectivity index is 1.20. The van der Waals surface area contributed by atoms with E-state index >= 15 is 0 Å². The van der Waals surface area contributed by atoms with E-state index < -0.39 is 0 Å². The summed E-state index contributed by atoms with van der Waals surface area (Å²) in [6.45, 7) is 0. The first-order valence-electron chi connectivity index (χ1n) is 16.0. The average molecular weight is 721 g/mol. The number of nitrogens with zero attached hydrogens (tertiary/aromatic N) is 2. The van der Waals surface area contributed by atoms with E-state index in [4.69, 9.17) is 0 Å². The van der Waals surface area contributed by atoms with E-state index in [0.717, 1.165) is 45.3 Å². The van der Waals surface area contributed by atoms with Crippen LogP contribution >= 0.6 is 47.0 Å². The van der Waals surface area contributed by atoms with Gasteiger partial charge in [0.25, 0.3) is 0 Å². The lowest BCUT2D eigenvalue weighted by Gasteiger charge is -2.26. The molecule has 0 fully saturated rings. The first-order chi connectivity index (χ1) is 24.6. The summed E-state index contributed by atoms with van der Waals surface area (Å²) in [7, 11) is 0. The third-order valence-electron chi connectivity index (χ3n) is 8.05. The molecule has 0 radical (unpaired) electrons. The van der Waals surface area contributed by atoms with Crippen molar-refractivity contribution in [3.63, 3.8) is 0 Å². The molecule has 0 bridgehead atoms. The second-order valence-corrected chi connectivity index (χ2v) is 14.6. The highest BCUT2D eigenvalue weighted by atomic mass is 32.2. The summed E-state index contributed by atoms with van der Waals surface area (Å²) in [5.41, 5.74) is 8.44. The van der Waals surface area contributed by atoms with Crippen molar-refractivity contribution in [2.45, 2.75) is 19.6 Å². The Kier molecular flexibility index (Phi) is 12.3. The first-order valence-corrected chi connectivity index (χ1v) is 20.9. The van der Waals surface area contributed by atoms with Gasteiger partial charge in [-0.25, -0.2) is 0 Å². The van der Waals surface area contributed by atoms with Crippen molar-refractivity contribution >= 4 is 81.2 Å². The van der Waals surface area contributed by atoms with Gasteiger partial charge in [-0.1, -0.05) is 11.8 Å². The van der Waals surface area contributed by atoms with Crippen molar-refractivity contribution < 1.29 is 0 Å². The summed E-state index contributed by atoms with van der Waals surface area (Å²) < 4.78 is 0. The van der Waals surface area contributed by atoms with Crippen LogP contribution in [0.25, 0.3) is 0 Å². The molecule has 0 saturated heterocycles. The molecule has 0 aromatic heterocycles. The summed E-state index contributed by atoms with van der Waals surface area (Å²) in [5.74, 6) is 12.6. The van der Waals surface area contributed by atoms with Crippen LogP contribution in [0.2, 0.25) is 0 Å². The standard InChI is InChI=1S/C44H36N2S4/c1-47-41-25-17-37(18-26-41)45(38-19-27-42(48-2)28-20-38)35-13-9-33(10-14-35)7-5-6-8-34-11-15-36(16-12-34)46(39-21-29-43(49-3)30-22-39)40-23-31-44(50-4)32-24-40/h9-32H,1-4H3. The quantitative estimate of drug-likeness (QED) is 0.102. The lowest BCUT2D eigenvalue weighted by molar-refractivity contribution is 1.26. The SMILES string of the molecule is CSc1ccc(N(c2ccc(C#CC#Cc3ccc(N(c4ccc(SC)cc4)c4ccc(SC)cc4)cc3)cc2)c2ccc(SC)cc2)cc1. The molecule has 6 aromatic rings. The largest absolute Gasteiger partial charge is 0.311 e. The predicted octanol–water partition coefficient (Wildman–Crippen LogP) is 12.9. The average Bonchev–Trinajstić information content (AvgIpc) is 3.19. The van der Waals surface area contributed by atoms with E-state index in [1.165, 1.54) is 19.6 Å². The topological polar surface area (TPSA) is 6.48 Å². The van der Waals surface area contributed by atoms with Crippen LogP contribution in [0, 0.1) is 23.7 Å². The van der Waals surface area contributed by atoms with Gasteiger partial charge in [0.2, 0.25) is 0 Å². The molecular formula is C44H36N2S4. The summed E-state index contributed by atoms with van der Waals surface area (Å²) >= 11 is 6.99. The minimum absolute atomic E-state index is 0.921. The Morgan fingerprint density at radius 1 is 0.300 bits per heavy atom. The molecule has 0 atom stereocenters. The third-order valence-corrected chi connectivity index (χ3v) is 11.0. The van der Waals surface area contributed by atoms with Crippen molar-refractivity contribution in [2.24, 2.45) is 0 Å². The molecule has 0 N–H and O–H groups in total. The molecule has 0 heterocycles. The number of hydrogen-bond donors (Lipinski definition) is 0. The monoisotopic (exact) mass is 720 g/mol. The molecule has 6 rings (SSSR count). The lowest BCUT2D eigenvalue weighted by atomic mass is 10.1. The molecule has 0 aliphatic carbocycles. The zero-order valence-corrected chi connectivity index (χ0v) is 31.6. The third kappa shape index (κ3) is 8.77. The van der Waals surface area contributed by atoms with Gasteiger partial charge in [0.05, 0.1) is 0 Å². The minimum Gasteiger partial charge on any atom is -0.311 e. The van der Waals surface area contributed by atoms with Gasteiger partial charge in [0.15, 0.2) is 0 Å². The van der Waals surface area contributed by atoms with Crippen LogP contribution in [0.5, 0.6) is 0 Å². The fraction of sp³-hybridized carbons (Fsp3) is 0.0909. The van der Waals surface area contributed by atoms with E-state index in [-0.39, 0.29) is 0 Å². The predicted molar refractivity (Wildman–Crippen MR) is 223 cm³/mol. The fourth-order valence-corrected chi connectivity index (χ4v) is 7.05. The molecule has 2 nitrogen and oxygen atoms in total. The van der Waals surface area contributed by atoms with Crippen molar-refractivity contribution in [1.82, 2.24) is 0 Å². The van der Waals surface area contributed by atoms with E-state index in [2.05, 4.69) is 204 Å². The number of rotatable bonds is 10. The minimum atomic E-state index is 0.921. The molecule has 0 aliphatic heterocycles. The zero-order chi connectivity index (χ0) is 34.7. The maximum Gasteiger partial charge on any atom is 0.0462 e. The molecule has 0 unspecified atom stereocenters. The van der Waals surface area contributed by atoms with Crippen LogP contribution in [-0.2, 0) is 0 Å². The Labute approximate surface area is 314 Å². The Morgan fingerprint density at radius 2 is 0.500 bits per heavy atom. The number of benzene rings is 6. The van der Waals surface area contributed by atoms with Gasteiger partial charge in [0, 0.05) is 64.8 Å². The van der Waals surface area contributed by atoms with Gasteiger partial charge >= 0.3 is 0 Å². The van der Waals surface area contributed by atoms with Crippen molar-refractivity contribution in [1.29, 1.82) is 0 Å². The number of hydrogen-bond acceptors (Lipinski definition) is 6. The number of anilines is 6. The van der Waals surface area contributed by atoms with Crippen LogP contribution in [0.4, 0.5) is 34.1 Å². The van der Waals surface area contributed by atoms with Gasteiger partial charge in [-0.05, 0) is 182 Å². The van der Waals surface area contributed by atoms with Gasteiger partial charge in [-0.2, -0.15) is 0 Å². The fourth-order valence-electron chi connectivity index (χ4n) is 5.41. The Hall–Kier alpha value is -4.56. The number of thioether (sulfide) groups is 4. The lowest BCUT2D eigenvalue weighted by Crippen LogP contribution is -2.09. The van der Waals surface area contributed by atoms with Gasteiger partial charge < -0.3 is 9.80 Å². The highest BCUT2D eigenvalue weighted by molar-refractivity contribution is 7.99. The molecule has 0 aliphatic rings. The van der Waals surface area contributed by atoms with Gasteiger partial charge in [-0.15, -0.1) is 47.0 Å². The smallest absolute Gasteiger partial charge is 0.0462 e. The van der Waals surface area contributed by atoms with Crippen LogP contribution in [0.15, 0.2) is 165 Å². The van der Waals surface area contributed by atoms with Crippen LogP contribution in [0.1, 0.15) is 11.1 Å². The van der Waals surface area contributed by atoms with E-state index in [1.54, 1.807) is 47.0 Å². The molecule has 6 aromatic carbocycles. The van der Waals surface area contributed by atoms with Crippen LogP contribution in [-0.4, -0.2) is 25.0 Å². The van der Waals surface area contributed by atoms with Crippen molar-refractivity contribution in [3.05, 3.63) is 157 Å². The second-order valence-electron chi connectivity index (χ2n) is 11.1. The zero-order valence-electron chi connectivity index (χ0n) is 28.4. The molecule has 0 amide bonds. The highest BCUT2D eigenvalue weighted by Crippen LogP contribution is 2.37. The molecule has 246 valence electrons. The summed E-state index contributed by atoms with van der Waals surface area (Å²) in [4.78, 5) is 9.51. The van der Waals surface area contributed by atoms with Crippen LogP contribution in [0.3, 0.4) is 0 Å². The molecule has 0 saturated carbocycles. The molecule has 50 heavy (non-hydrogen) atoms. The van der Waals surface area contributed by atoms with Crippen LogP contribution < -0.4 is 9.80 Å². The molecule has 0 spiro atoms. The first kappa shape index (κ1) is 35.3. The molecule has 6 heteroatoms. The molecular weight excluding hydrogens is 685 g/mol. The van der Waals surface area contributed by atoms with Gasteiger partial charge in [-0.3, -0.25) is 0 Å². The maximum atomic E-state index is 3.22. The second kappa shape index (κ2) is 17.4. The van der Waals surface area contributed by atoms with Crippen molar-refractivity contribution in [3.8, 4) is 23.7 Å². The Bertz CT molecular complexity index is 1870. The summed E-state index contributed by atoms with van der Waals surface area (Å²) in [5, 5.41) is 0. The normalized spacial score (nSPS) is 10.4. The van der Waals surface area contributed by atoms with E-state index in [0.29, 0.717) is 0 Å². The Morgan fingerprint density at radius 3 is 0.700 bits per heavy atom. The highest BCUT2D eigenvalue weighted by Gasteiger charge is 2.14.